The fraction of sp³-hybridized carbons (Fsp3) is 0.385. The number of rotatable bonds is 3. The molecule has 0 saturated carbocycles. The Morgan fingerprint density at radius 1 is 1.44 bits per heavy atom. The van der Waals surface area contributed by atoms with E-state index in [1.807, 2.05) is 0 Å². The molecule has 1 aliphatic heterocycles. The number of esters is 1. The zero-order valence-electron chi connectivity index (χ0n) is 9.83. The van der Waals surface area contributed by atoms with E-state index in [0.29, 0.717) is 0 Å². The molecule has 2 rings (SSSR count). The summed E-state index contributed by atoms with van der Waals surface area (Å²) >= 11 is 0. The highest BCUT2D eigenvalue weighted by atomic mass is 19.2. The third-order valence-corrected chi connectivity index (χ3v) is 3.35. The molecule has 1 heterocycles. The van der Waals surface area contributed by atoms with E-state index in [1.165, 1.54) is 19.1 Å². The second-order valence-corrected chi connectivity index (χ2v) is 4.41. The molecule has 0 amide bonds. The molecular formula is C13H12F2O3. The number of ketones is 1. The maximum atomic E-state index is 13.6. The lowest BCUT2D eigenvalue weighted by Gasteiger charge is -2.21. The van der Waals surface area contributed by atoms with E-state index >= 15 is 0 Å². The Balaban J connectivity index is 2.39. The fourth-order valence-electron chi connectivity index (χ4n) is 2.17. The van der Waals surface area contributed by atoms with Gasteiger partial charge in [0.2, 0.25) is 0 Å². The number of benzene rings is 1. The minimum absolute atomic E-state index is 0.0176. The van der Waals surface area contributed by atoms with Crippen LogP contribution in [-0.2, 0) is 20.7 Å². The lowest BCUT2D eigenvalue weighted by molar-refractivity contribution is -0.150. The van der Waals surface area contributed by atoms with Crippen LogP contribution in [0.5, 0.6) is 0 Å². The quantitative estimate of drug-likeness (QED) is 0.612. The van der Waals surface area contributed by atoms with Crippen molar-refractivity contribution in [2.45, 2.75) is 19.8 Å². The summed E-state index contributed by atoms with van der Waals surface area (Å²) in [6, 6.07) is 3.71. The van der Waals surface area contributed by atoms with Gasteiger partial charge >= 0.3 is 5.97 Å². The molecule has 0 spiro atoms. The van der Waals surface area contributed by atoms with Gasteiger partial charge in [-0.15, -0.1) is 0 Å². The summed E-state index contributed by atoms with van der Waals surface area (Å²) in [7, 11) is 0. The van der Waals surface area contributed by atoms with Gasteiger partial charge in [-0.3, -0.25) is 9.59 Å². The van der Waals surface area contributed by atoms with Crippen molar-refractivity contribution in [3.63, 3.8) is 0 Å². The summed E-state index contributed by atoms with van der Waals surface area (Å²) < 4.78 is 31.5. The topological polar surface area (TPSA) is 43.4 Å². The van der Waals surface area contributed by atoms with Gasteiger partial charge in [0.1, 0.15) is 11.2 Å². The first-order valence-electron chi connectivity index (χ1n) is 5.58. The maximum absolute atomic E-state index is 13.6. The number of Topliss-reactive ketones (excluding diaryl/α,β-unsaturated/α-hetero) is 1. The smallest absolute Gasteiger partial charge is 0.320 e. The standard InChI is InChI=1S/C13H12F2O3/c1-8(16)13(5-6-18-12(13)17)7-9-3-2-4-10(14)11(9)15/h2-4H,5-7H2,1H3. The Labute approximate surface area is 103 Å². The van der Waals surface area contributed by atoms with Crippen molar-refractivity contribution >= 4 is 11.8 Å². The molecule has 0 bridgehead atoms. The van der Waals surface area contributed by atoms with Crippen LogP contribution in [0.4, 0.5) is 8.78 Å². The Hall–Kier alpha value is -1.78. The molecule has 18 heavy (non-hydrogen) atoms. The van der Waals surface area contributed by atoms with Crippen molar-refractivity contribution in [3.05, 3.63) is 35.4 Å². The largest absolute Gasteiger partial charge is 0.465 e. The number of carbonyl (C=O) groups excluding carboxylic acids is 2. The third kappa shape index (κ3) is 1.89. The van der Waals surface area contributed by atoms with Crippen molar-refractivity contribution in [2.75, 3.05) is 6.61 Å². The predicted octanol–water partition coefficient (Wildman–Crippen LogP) is 2.03. The first kappa shape index (κ1) is 12.7. The summed E-state index contributed by atoms with van der Waals surface area (Å²) in [6.07, 6.45) is 0.0435. The fourth-order valence-corrected chi connectivity index (χ4v) is 2.17. The molecule has 1 atom stereocenters. The second kappa shape index (κ2) is 4.48. The molecule has 1 saturated heterocycles. The summed E-state index contributed by atoms with van der Waals surface area (Å²) in [4.78, 5) is 23.3. The van der Waals surface area contributed by atoms with Crippen LogP contribution in [0.25, 0.3) is 0 Å². The second-order valence-electron chi connectivity index (χ2n) is 4.41. The zero-order valence-corrected chi connectivity index (χ0v) is 9.83. The summed E-state index contributed by atoms with van der Waals surface area (Å²) in [5.74, 6) is -3.04. The van der Waals surface area contributed by atoms with E-state index < -0.39 is 23.0 Å². The predicted molar refractivity (Wildman–Crippen MR) is 58.8 cm³/mol. The minimum Gasteiger partial charge on any atom is -0.465 e. The first-order chi connectivity index (χ1) is 8.47. The zero-order chi connectivity index (χ0) is 13.3. The molecule has 0 aliphatic carbocycles. The molecule has 1 aromatic carbocycles. The molecule has 3 nitrogen and oxygen atoms in total. The molecule has 0 N–H and O–H groups in total. The first-order valence-corrected chi connectivity index (χ1v) is 5.58. The van der Waals surface area contributed by atoms with E-state index in [2.05, 4.69) is 0 Å². The van der Waals surface area contributed by atoms with E-state index in [-0.39, 0.29) is 30.8 Å². The van der Waals surface area contributed by atoms with E-state index in [9.17, 15) is 18.4 Å². The van der Waals surface area contributed by atoms with Gasteiger partial charge in [-0.25, -0.2) is 8.78 Å². The van der Waals surface area contributed by atoms with Crippen molar-refractivity contribution in [1.82, 2.24) is 0 Å². The van der Waals surface area contributed by atoms with Crippen LogP contribution in [0.3, 0.4) is 0 Å². The van der Waals surface area contributed by atoms with Crippen LogP contribution >= 0.6 is 0 Å². The van der Waals surface area contributed by atoms with E-state index in [1.54, 1.807) is 0 Å². The lowest BCUT2D eigenvalue weighted by atomic mass is 9.77. The molecule has 1 unspecified atom stereocenters. The van der Waals surface area contributed by atoms with Crippen LogP contribution in [0.1, 0.15) is 18.9 Å². The third-order valence-electron chi connectivity index (χ3n) is 3.35. The van der Waals surface area contributed by atoms with Gasteiger partial charge in [-0.1, -0.05) is 12.1 Å². The summed E-state index contributed by atoms with van der Waals surface area (Å²) in [5, 5.41) is 0. The number of hydrogen-bond donors (Lipinski definition) is 0. The molecule has 96 valence electrons. The Morgan fingerprint density at radius 3 is 2.72 bits per heavy atom. The van der Waals surface area contributed by atoms with Crippen molar-refractivity contribution in [2.24, 2.45) is 5.41 Å². The summed E-state index contributed by atoms with van der Waals surface area (Å²) in [6.45, 7) is 1.40. The van der Waals surface area contributed by atoms with Crippen LogP contribution in [0.2, 0.25) is 0 Å². The van der Waals surface area contributed by atoms with Gasteiger partial charge in [0, 0.05) is 6.42 Å². The molecule has 0 radical (unpaired) electrons. The van der Waals surface area contributed by atoms with Crippen LogP contribution < -0.4 is 0 Å². The summed E-state index contributed by atoms with van der Waals surface area (Å²) in [5.41, 5.74) is -1.35. The molecule has 0 aromatic heterocycles. The molecule has 1 aromatic rings. The average Bonchev–Trinajstić information content (AvgIpc) is 2.68. The van der Waals surface area contributed by atoms with Crippen LogP contribution in [0, 0.1) is 17.0 Å². The Bertz CT molecular complexity index is 513. The highest BCUT2D eigenvalue weighted by Crippen LogP contribution is 2.35. The van der Waals surface area contributed by atoms with Gasteiger partial charge in [0.15, 0.2) is 11.6 Å². The maximum Gasteiger partial charge on any atom is 0.320 e. The van der Waals surface area contributed by atoms with Gasteiger partial charge < -0.3 is 4.74 Å². The van der Waals surface area contributed by atoms with Crippen LogP contribution in [0.15, 0.2) is 18.2 Å². The highest BCUT2D eigenvalue weighted by molar-refractivity contribution is 6.04. The number of ether oxygens (including phenoxy) is 1. The van der Waals surface area contributed by atoms with E-state index in [0.717, 1.165) is 6.07 Å². The van der Waals surface area contributed by atoms with E-state index in [4.69, 9.17) is 4.74 Å². The van der Waals surface area contributed by atoms with Crippen LogP contribution in [-0.4, -0.2) is 18.4 Å². The number of cyclic esters (lactones) is 1. The number of carbonyl (C=O) groups is 2. The Morgan fingerprint density at radius 2 is 2.17 bits per heavy atom. The lowest BCUT2D eigenvalue weighted by Crippen LogP contribution is -2.36. The molecular weight excluding hydrogens is 242 g/mol. The Kier molecular flexibility index (Phi) is 3.15. The normalized spacial score (nSPS) is 22.9. The minimum atomic E-state index is -1.37. The van der Waals surface area contributed by atoms with Crippen molar-refractivity contribution in [3.8, 4) is 0 Å². The molecule has 5 heteroatoms. The molecule has 1 fully saturated rings. The van der Waals surface area contributed by atoms with Gasteiger partial charge in [0.25, 0.3) is 0 Å². The number of hydrogen-bond acceptors (Lipinski definition) is 3. The van der Waals surface area contributed by atoms with Crippen molar-refractivity contribution in [1.29, 1.82) is 0 Å². The van der Waals surface area contributed by atoms with Gasteiger partial charge in [-0.2, -0.15) is 0 Å². The average molecular weight is 254 g/mol. The van der Waals surface area contributed by atoms with Gasteiger partial charge in [-0.05, 0) is 25.0 Å². The monoisotopic (exact) mass is 254 g/mol. The highest BCUT2D eigenvalue weighted by Gasteiger charge is 2.49. The molecule has 1 aliphatic rings. The van der Waals surface area contributed by atoms with Gasteiger partial charge in [0.05, 0.1) is 6.61 Å². The SMILES string of the molecule is CC(=O)C1(Cc2cccc(F)c2F)CCOC1=O. The van der Waals surface area contributed by atoms with Crippen molar-refractivity contribution < 1.29 is 23.1 Å². The number of halogens is 2.